The molecular weight excluding hydrogens is 292 g/mol. The Morgan fingerprint density at radius 1 is 1.43 bits per heavy atom. The van der Waals surface area contributed by atoms with Crippen LogP contribution in [0.3, 0.4) is 0 Å². The molecule has 0 aromatic heterocycles. The number of ether oxygens (including phenoxy) is 1. The molecule has 0 bridgehead atoms. The van der Waals surface area contributed by atoms with Gasteiger partial charge in [-0.25, -0.2) is 4.79 Å². The van der Waals surface area contributed by atoms with E-state index in [0.717, 1.165) is 24.2 Å². The molecule has 3 atom stereocenters. The maximum absolute atomic E-state index is 11.9. The van der Waals surface area contributed by atoms with Crippen molar-refractivity contribution in [1.82, 2.24) is 10.6 Å². The number of aryl methyl sites for hydroxylation is 1. The summed E-state index contributed by atoms with van der Waals surface area (Å²) in [6, 6.07) is 7.68. The quantitative estimate of drug-likeness (QED) is 0.676. The fourth-order valence-electron chi connectivity index (χ4n) is 2.59. The van der Waals surface area contributed by atoms with Crippen LogP contribution in [0.4, 0.5) is 4.79 Å². The van der Waals surface area contributed by atoms with Gasteiger partial charge in [-0.05, 0) is 37.5 Å². The van der Waals surface area contributed by atoms with Crippen LogP contribution in [0.15, 0.2) is 36.4 Å². The van der Waals surface area contributed by atoms with Gasteiger partial charge in [-0.3, -0.25) is 0 Å². The van der Waals surface area contributed by atoms with E-state index in [-0.39, 0.29) is 30.7 Å². The summed E-state index contributed by atoms with van der Waals surface area (Å²) in [4.78, 5) is 11.9. The van der Waals surface area contributed by atoms with Crippen LogP contribution >= 0.6 is 0 Å². The minimum Gasteiger partial charge on any atom is -0.489 e. The van der Waals surface area contributed by atoms with Crippen molar-refractivity contribution >= 4 is 6.03 Å². The number of hydrogen-bond acceptors (Lipinski definition) is 3. The first-order chi connectivity index (χ1) is 11.1. The molecule has 5 heteroatoms. The van der Waals surface area contributed by atoms with Gasteiger partial charge in [-0.1, -0.05) is 31.2 Å². The average Bonchev–Trinajstić information content (AvgIpc) is 2.99. The van der Waals surface area contributed by atoms with E-state index >= 15 is 0 Å². The number of hydrogen-bond donors (Lipinski definition) is 3. The molecule has 0 spiro atoms. The molecule has 0 aliphatic heterocycles. The highest BCUT2D eigenvalue weighted by atomic mass is 16.5. The number of rotatable bonds is 7. The van der Waals surface area contributed by atoms with Crippen LogP contribution < -0.4 is 15.4 Å². The maximum atomic E-state index is 11.9. The summed E-state index contributed by atoms with van der Waals surface area (Å²) < 4.78 is 5.91. The average molecular weight is 318 g/mol. The predicted molar refractivity (Wildman–Crippen MR) is 90.5 cm³/mol. The van der Waals surface area contributed by atoms with Gasteiger partial charge in [0.1, 0.15) is 11.9 Å². The summed E-state index contributed by atoms with van der Waals surface area (Å²) >= 11 is 0. The molecular formula is C18H26N2O3. The fourth-order valence-corrected chi connectivity index (χ4v) is 2.59. The van der Waals surface area contributed by atoms with Crippen LogP contribution in [0.25, 0.3) is 0 Å². The van der Waals surface area contributed by atoms with Crippen molar-refractivity contribution < 1.29 is 14.6 Å². The number of benzene rings is 1. The molecule has 0 saturated heterocycles. The number of carbonyl (C=O) groups excluding carboxylic acids is 1. The van der Waals surface area contributed by atoms with Crippen LogP contribution in [0.1, 0.15) is 25.3 Å². The highest BCUT2D eigenvalue weighted by Gasteiger charge is 2.20. The number of amides is 2. The third-order valence-corrected chi connectivity index (χ3v) is 3.96. The van der Waals surface area contributed by atoms with Crippen molar-refractivity contribution in [1.29, 1.82) is 0 Å². The van der Waals surface area contributed by atoms with Crippen LogP contribution in [0.5, 0.6) is 5.75 Å². The fraction of sp³-hybridized carbons (Fsp3) is 0.500. The third-order valence-electron chi connectivity index (χ3n) is 3.96. The molecule has 1 unspecified atom stereocenters. The van der Waals surface area contributed by atoms with Crippen molar-refractivity contribution in [3.8, 4) is 5.75 Å². The number of aliphatic hydroxyl groups excluding tert-OH is 1. The van der Waals surface area contributed by atoms with Gasteiger partial charge in [0.2, 0.25) is 0 Å². The van der Waals surface area contributed by atoms with Gasteiger partial charge in [0.15, 0.2) is 0 Å². The molecule has 0 radical (unpaired) electrons. The topological polar surface area (TPSA) is 70.6 Å². The Balaban J connectivity index is 1.74. The molecule has 1 aromatic carbocycles. The van der Waals surface area contributed by atoms with E-state index in [0.29, 0.717) is 6.54 Å². The molecule has 2 rings (SSSR count). The SMILES string of the molecule is CCC(CNC(=O)N[C@@H]1C=C[C@H](CO)C1)Oc1cccc(C)c1. The Bertz CT molecular complexity index is 545. The van der Waals surface area contributed by atoms with Crippen LogP contribution in [0.2, 0.25) is 0 Å². The summed E-state index contributed by atoms with van der Waals surface area (Å²) in [7, 11) is 0. The van der Waals surface area contributed by atoms with Crippen molar-refractivity contribution in [2.24, 2.45) is 5.92 Å². The van der Waals surface area contributed by atoms with Crippen molar-refractivity contribution in [2.75, 3.05) is 13.2 Å². The minimum atomic E-state index is -0.204. The molecule has 0 saturated carbocycles. The van der Waals surface area contributed by atoms with E-state index in [1.54, 1.807) is 0 Å². The van der Waals surface area contributed by atoms with E-state index in [4.69, 9.17) is 9.84 Å². The normalized spacial score (nSPS) is 21.0. The number of aliphatic hydroxyl groups is 1. The first kappa shape index (κ1) is 17.3. The number of carbonyl (C=O) groups is 1. The lowest BCUT2D eigenvalue weighted by molar-refractivity contribution is 0.188. The van der Waals surface area contributed by atoms with Gasteiger partial charge in [0, 0.05) is 18.6 Å². The van der Waals surface area contributed by atoms with Crippen molar-refractivity contribution in [2.45, 2.75) is 38.8 Å². The second-order valence-electron chi connectivity index (χ2n) is 5.99. The first-order valence-electron chi connectivity index (χ1n) is 8.17. The molecule has 5 nitrogen and oxygen atoms in total. The van der Waals surface area contributed by atoms with Gasteiger partial charge >= 0.3 is 6.03 Å². The molecule has 3 N–H and O–H groups in total. The molecule has 0 fully saturated rings. The monoisotopic (exact) mass is 318 g/mol. The highest BCUT2D eigenvalue weighted by Crippen LogP contribution is 2.17. The van der Waals surface area contributed by atoms with Crippen LogP contribution in [0, 0.1) is 12.8 Å². The van der Waals surface area contributed by atoms with E-state index in [2.05, 4.69) is 10.6 Å². The third kappa shape index (κ3) is 5.60. The highest BCUT2D eigenvalue weighted by molar-refractivity contribution is 5.74. The number of nitrogens with one attached hydrogen (secondary N) is 2. The van der Waals surface area contributed by atoms with Crippen molar-refractivity contribution in [3.63, 3.8) is 0 Å². The molecule has 1 aromatic rings. The van der Waals surface area contributed by atoms with Gasteiger partial charge < -0.3 is 20.5 Å². The minimum absolute atomic E-state index is 0.00934. The summed E-state index contributed by atoms with van der Waals surface area (Å²) in [5.74, 6) is 0.969. The second kappa shape index (κ2) is 8.58. The molecule has 0 heterocycles. The molecule has 1 aliphatic carbocycles. The second-order valence-corrected chi connectivity index (χ2v) is 5.99. The van der Waals surface area contributed by atoms with Gasteiger partial charge in [-0.15, -0.1) is 0 Å². The van der Waals surface area contributed by atoms with E-state index in [1.165, 1.54) is 0 Å². The predicted octanol–water partition coefficient (Wildman–Crippen LogP) is 2.39. The van der Waals surface area contributed by atoms with Gasteiger partial charge in [0.05, 0.1) is 6.54 Å². The first-order valence-corrected chi connectivity index (χ1v) is 8.17. The van der Waals surface area contributed by atoms with E-state index in [1.807, 2.05) is 50.3 Å². The van der Waals surface area contributed by atoms with E-state index in [9.17, 15) is 4.79 Å². The largest absolute Gasteiger partial charge is 0.489 e. The smallest absolute Gasteiger partial charge is 0.315 e. The summed E-state index contributed by atoms with van der Waals surface area (Å²) in [5, 5.41) is 14.8. The zero-order chi connectivity index (χ0) is 16.7. The molecule has 126 valence electrons. The van der Waals surface area contributed by atoms with E-state index < -0.39 is 0 Å². The Hall–Kier alpha value is -2.01. The van der Waals surface area contributed by atoms with Gasteiger partial charge in [0.25, 0.3) is 0 Å². The van der Waals surface area contributed by atoms with Crippen LogP contribution in [-0.4, -0.2) is 36.4 Å². The maximum Gasteiger partial charge on any atom is 0.315 e. The Labute approximate surface area is 137 Å². The van der Waals surface area contributed by atoms with Gasteiger partial charge in [-0.2, -0.15) is 0 Å². The standard InChI is InChI=1S/C18H26N2O3/c1-3-16(23-17-6-4-5-13(2)9-17)11-19-18(22)20-15-8-7-14(10-15)12-21/h4-9,14-16,21H,3,10-12H2,1-2H3,(H2,19,20,22)/t14-,15+,16?/m0/s1. The zero-order valence-electron chi connectivity index (χ0n) is 13.8. The lowest BCUT2D eigenvalue weighted by atomic mass is 10.1. The Morgan fingerprint density at radius 2 is 2.26 bits per heavy atom. The molecule has 1 aliphatic rings. The zero-order valence-corrected chi connectivity index (χ0v) is 13.8. The van der Waals surface area contributed by atoms with Crippen molar-refractivity contribution in [3.05, 3.63) is 42.0 Å². The lowest BCUT2D eigenvalue weighted by Gasteiger charge is -2.20. The summed E-state index contributed by atoms with van der Waals surface area (Å²) in [5.41, 5.74) is 1.15. The summed E-state index contributed by atoms with van der Waals surface area (Å²) in [6.07, 6.45) is 5.37. The molecule has 23 heavy (non-hydrogen) atoms. The Kier molecular flexibility index (Phi) is 6.47. The number of urea groups is 1. The summed E-state index contributed by atoms with van der Waals surface area (Å²) in [6.45, 7) is 4.63. The van der Waals surface area contributed by atoms with Crippen LogP contribution in [-0.2, 0) is 0 Å². The molecule has 2 amide bonds. The lowest BCUT2D eigenvalue weighted by Crippen LogP contribution is -2.44. The Morgan fingerprint density at radius 3 is 2.91 bits per heavy atom.